The molecule has 348 valence electrons. The number of rotatable bonds is 20. The number of Topliss-reactive ketones (excluding diaryl/α,β-unsaturated/α-hetero) is 2. The summed E-state index contributed by atoms with van der Waals surface area (Å²) in [4.78, 5) is 65.4. The average molecular weight is 845 g/mol. The fourth-order valence-electron chi connectivity index (χ4n) is 3.11. The van der Waals surface area contributed by atoms with Gasteiger partial charge in [-0.1, -0.05) is 97.4 Å². The number of nitrogens with one attached hydrogen (secondary N) is 4. The molecule has 18 heteroatoms. The molecule has 0 aliphatic carbocycles. The van der Waals surface area contributed by atoms with Gasteiger partial charge in [0, 0.05) is 31.5 Å². The third-order valence-electron chi connectivity index (χ3n) is 7.52. The number of ketones is 2. The van der Waals surface area contributed by atoms with E-state index in [-0.39, 0.29) is 74.9 Å². The van der Waals surface area contributed by atoms with Crippen LogP contribution in [0.3, 0.4) is 0 Å². The molecule has 0 bridgehead atoms. The second-order valence-corrected chi connectivity index (χ2v) is 15.0. The van der Waals surface area contributed by atoms with Crippen LogP contribution in [0.5, 0.6) is 0 Å². The molecule has 0 aromatic rings. The van der Waals surface area contributed by atoms with Gasteiger partial charge in [0.25, 0.3) is 5.91 Å². The van der Waals surface area contributed by atoms with Crippen molar-refractivity contribution in [1.82, 2.24) is 21.3 Å². The van der Waals surface area contributed by atoms with Crippen LogP contribution >= 0.6 is 0 Å². The smallest absolute Gasteiger partial charge is 0.287 e. The highest BCUT2D eigenvalue weighted by Crippen LogP contribution is 2.02. The minimum atomic E-state index is -1.46. The van der Waals surface area contributed by atoms with Crippen molar-refractivity contribution in [3.05, 3.63) is 0 Å². The van der Waals surface area contributed by atoms with Gasteiger partial charge in [0.1, 0.15) is 18.3 Å². The fourth-order valence-corrected chi connectivity index (χ4v) is 3.11. The summed E-state index contributed by atoms with van der Waals surface area (Å²) < 4.78 is 0. The number of hydrogen-bond donors (Lipinski definition) is 12. The Morgan fingerprint density at radius 1 is 0.431 bits per heavy atom. The summed E-state index contributed by atoms with van der Waals surface area (Å²) in [6, 6.07) is 0. The van der Waals surface area contributed by atoms with Gasteiger partial charge in [-0.15, -0.1) is 0 Å². The lowest BCUT2D eigenvalue weighted by Crippen LogP contribution is -2.41. The van der Waals surface area contributed by atoms with Gasteiger partial charge in [-0.3, -0.25) is 28.8 Å². The van der Waals surface area contributed by atoms with Gasteiger partial charge in [-0.2, -0.15) is 0 Å². The Kier molecular flexibility index (Phi) is 45.3. The third-order valence-corrected chi connectivity index (χ3v) is 7.52. The second kappa shape index (κ2) is 39.4. The average Bonchev–Trinajstić information content (AvgIpc) is 3.15. The number of aliphatic hydroxyl groups is 8. The summed E-state index contributed by atoms with van der Waals surface area (Å²) in [5.74, 6) is -2.76. The first kappa shape index (κ1) is 66.7. The Labute approximate surface area is 348 Å². The molecule has 0 heterocycles. The monoisotopic (exact) mass is 845 g/mol. The van der Waals surface area contributed by atoms with Crippen molar-refractivity contribution in [1.29, 1.82) is 0 Å². The first-order valence-electron chi connectivity index (χ1n) is 19.7. The topological polar surface area (TPSA) is 312 Å². The zero-order valence-corrected chi connectivity index (χ0v) is 36.9. The van der Waals surface area contributed by atoms with E-state index in [0.29, 0.717) is 19.3 Å². The van der Waals surface area contributed by atoms with Crippen LogP contribution < -0.4 is 21.3 Å². The van der Waals surface area contributed by atoms with Gasteiger partial charge < -0.3 is 62.1 Å². The number of aliphatic hydroxyl groups excluding tert-OH is 7. The minimum Gasteiger partial charge on any atom is -0.391 e. The largest absolute Gasteiger partial charge is 0.391 e. The van der Waals surface area contributed by atoms with Gasteiger partial charge in [0.05, 0.1) is 24.9 Å². The first-order chi connectivity index (χ1) is 26.0. The van der Waals surface area contributed by atoms with Crippen LogP contribution in [0, 0.1) is 29.6 Å². The Hall–Kier alpha value is -3.10. The van der Waals surface area contributed by atoms with Crippen LogP contribution in [0.1, 0.15) is 124 Å². The summed E-state index contributed by atoms with van der Waals surface area (Å²) in [7, 11) is 0. The van der Waals surface area contributed by atoms with Crippen molar-refractivity contribution in [3.8, 4) is 0 Å². The van der Waals surface area contributed by atoms with Crippen molar-refractivity contribution >= 4 is 35.2 Å². The van der Waals surface area contributed by atoms with Gasteiger partial charge in [0.2, 0.25) is 23.5 Å². The normalized spacial score (nSPS) is 13.6. The molecule has 2 unspecified atom stereocenters. The Balaban J connectivity index is -0.000000147. The van der Waals surface area contributed by atoms with Crippen molar-refractivity contribution in [2.45, 2.75) is 167 Å². The van der Waals surface area contributed by atoms with Crippen LogP contribution in [-0.4, -0.2) is 145 Å². The molecule has 0 aromatic heterocycles. The van der Waals surface area contributed by atoms with E-state index >= 15 is 0 Å². The summed E-state index contributed by atoms with van der Waals surface area (Å²) >= 11 is 0. The number of amides is 4. The second-order valence-electron chi connectivity index (χ2n) is 15.0. The van der Waals surface area contributed by atoms with Crippen LogP contribution in [0.4, 0.5) is 0 Å². The lowest BCUT2D eigenvalue weighted by Gasteiger charge is -2.15. The molecular formula is C40H84N4O14. The molecule has 6 atom stereocenters. The van der Waals surface area contributed by atoms with Gasteiger partial charge >= 0.3 is 0 Å². The van der Waals surface area contributed by atoms with Crippen molar-refractivity contribution in [3.63, 3.8) is 0 Å². The minimum absolute atomic E-state index is 0. The summed E-state index contributed by atoms with van der Waals surface area (Å²) in [6.45, 7) is 24.8. The number of carbonyl (C=O) groups excluding carboxylic acids is 6. The SMILES string of the molecule is C.CC(=O)[C@@H](O)C(C)C.CC(C)C(=O)NCC(O)O.CCC(O)CNC(=O)[C@@H](O)C(C)C.CC[C@@H](O)CNC(=O)C(=O)C(C)C.CC[C@@H](O)CNC(=O)C(O)C(C)C. The van der Waals surface area contributed by atoms with E-state index in [9.17, 15) is 39.0 Å². The highest BCUT2D eigenvalue weighted by molar-refractivity contribution is 6.36. The summed E-state index contributed by atoms with van der Waals surface area (Å²) in [6.07, 6.45) is -4.05. The Morgan fingerprint density at radius 3 is 0.931 bits per heavy atom. The molecule has 0 spiro atoms. The molecule has 0 saturated heterocycles. The molecule has 0 fully saturated rings. The molecule has 18 nitrogen and oxygen atoms in total. The van der Waals surface area contributed by atoms with E-state index < -0.39 is 66.4 Å². The Morgan fingerprint density at radius 2 is 0.724 bits per heavy atom. The van der Waals surface area contributed by atoms with Crippen LogP contribution in [0.2, 0.25) is 0 Å². The fraction of sp³-hybridized carbons (Fsp3) is 0.850. The predicted molar refractivity (Wildman–Crippen MR) is 224 cm³/mol. The molecule has 58 heavy (non-hydrogen) atoms. The lowest BCUT2D eigenvalue weighted by molar-refractivity contribution is -0.139. The van der Waals surface area contributed by atoms with Crippen LogP contribution in [0.15, 0.2) is 0 Å². The quantitative estimate of drug-likeness (QED) is 0.0575. The van der Waals surface area contributed by atoms with Crippen LogP contribution in [0.25, 0.3) is 0 Å². The molecular weight excluding hydrogens is 760 g/mol. The predicted octanol–water partition coefficient (Wildman–Crippen LogP) is 0.177. The first-order valence-corrected chi connectivity index (χ1v) is 19.7. The molecule has 12 N–H and O–H groups in total. The number of carbonyl (C=O) groups is 6. The van der Waals surface area contributed by atoms with Crippen molar-refractivity contribution < 1.29 is 69.6 Å². The van der Waals surface area contributed by atoms with Gasteiger partial charge in [0.15, 0.2) is 12.1 Å². The highest BCUT2D eigenvalue weighted by atomic mass is 16.5. The maximum Gasteiger partial charge on any atom is 0.287 e. The van der Waals surface area contributed by atoms with Gasteiger partial charge in [-0.25, -0.2) is 0 Å². The molecule has 0 radical (unpaired) electrons. The number of hydrogen-bond acceptors (Lipinski definition) is 14. The van der Waals surface area contributed by atoms with E-state index in [2.05, 4.69) is 21.3 Å². The summed E-state index contributed by atoms with van der Waals surface area (Å²) in [5, 5.41) is 81.1. The zero-order valence-electron chi connectivity index (χ0n) is 36.9. The maximum atomic E-state index is 11.1. The summed E-state index contributed by atoms with van der Waals surface area (Å²) in [5.41, 5.74) is 0. The van der Waals surface area contributed by atoms with E-state index in [1.165, 1.54) is 6.92 Å². The van der Waals surface area contributed by atoms with Crippen LogP contribution in [-0.2, 0) is 28.8 Å². The maximum absolute atomic E-state index is 11.1. The lowest BCUT2D eigenvalue weighted by atomic mass is 10.1. The molecule has 4 amide bonds. The molecule has 0 aromatic carbocycles. The molecule has 0 aliphatic heterocycles. The van der Waals surface area contributed by atoms with E-state index in [4.69, 9.17) is 30.6 Å². The molecule has 0 rings (SSSR count). The van der Waals surface area contributed by atoms with E-state index in [1.54, 1.807) is 62.3 Å². The molecule has 0 saturated carbocycles. The zero-order chi connectivity index (χ0) is 46.2. The van der Waals surface area contributed by atoms with E-state index in [0.717, 1.165) is 0 Å². The standard InChI is InChI=1S/2C9H19NO3.C9H17NO3.C6H13NO3.C6H12O2.CH4/c3*1-4-7(11)5-10-9(13)8(12)6(2)3;1-4(2)6(10)7-3-5(8)9;1-4(2)6(8)5(3)7;/h2*6-8,11-12H,4-5H2,1-3H3,(H,10,13);6-7,11H,4-5H2,1-3H3,(H,10,13);4-5,8-9H,3H2,1-2H3,(H,7,10);4,6,8H,1-3H3;1H4/t7?,8-;7-,8?;7-;;6-;/m011.0./s1. The van der Waals surface area contributed by atoms with Crippen molar-refractivity contribution in [2.24, 2.45) is 29.6 Å². The van der Waals surface area contributed by atoms with Gasteiger partial charge in [-0.05, 0) is 43.9 Å². The third kappa shape index (κ3) is 41.1. The van der Waals surface area contributed by atoms with E-state index in [1.807, 2.05) is 27.7 Å². The Bertz CT molecular complexity index is 1050. The highest BCUT2D eigenvalue weighted by Gasteiger charge is 2.20. The molecule has 0 aliphatic rings. The van der Waals surface area contributed by atoms with Crippen molar-refractivity contribution in [2.75, 3.05) is 26.2 Å².